The number of nitrogens with one attached hydrogen (secondary N) is 1. The normalized spacial score (nSPS) is 16.0. The van der Waals surface area contributed by atoms with E-state index in [0.717, 1.165) is 17.7 Å². The van der Waals surface area contributed by atoms with Crippen molar-refractivity contribution in [1.29, 1.82) is 0 Å². The van der Waals surface area contributed by atoms with Crippen LogP contribution in [0.1, 0.15) is 24.4 Å². The number of ether oxygens (including phenoxy) is 1. The van der Waals surface area contributed by atoms with Gasteiger partial charge < -0.3 is 10.1 Å². The van der Waals surface area contributed by atoms with E-state index in [2.05, 4.69) is 15.6 Å². The maximum Gasteiger partial charge on any atom is 0.249 e. The van der Waals surface area contributed by atoms with E-state index < -0.39 is 29.5 Å². The van der Waals surface area contributed by atoms with Crippen molar-refractivity contribution >= 4 is 28.5 Å². The molecule has 8 nitrogen and oxygen atoms in total. The van der Waals surface area contributed by atoms with E-state index in [0.29, 0.717) is 23.2 Å². The van der Waals surface area contributed by atoms with Crippen molar-refractivity contribution in [1.82, 2.24) is 20.3 Å². The third-order valence-corrected chi connectivity index (χ3v) is 6.31. The molecule has 1 N–H and O–H groups in total. The first-order valence-corrected chi connectivity index (χ1v) is 12.0. The number of anilines is 1. The van der Waals surface area contributed by atoms with Crippen LogP contribution in [0.5, 0.6) is 0 Å². The van der Waals surface area contributed by atoms with Gasteiger partial charge in [0.25, 0.3) is 0 Å². The first kappa shape index (κ1) is 24.5. The Morgan fingerprint density at radius 3 is 2.57 bits per heavy atom. The molecule has 1 aliphatic rings. The molecule has 2 unspecified atom stereocenters. The molecule has 4 aromatic rings. The van der Waals surface area contributed by atoms with Crippen LogP contribution in [0.3, 0.4) is 0 Å². The van der Waals surface area contributed by atoms with Gasteiger partial charge in [0, 0.05) is 13.2 Å². The highest BCUT2D eigenvalue weighted by molar-refractivity contribution is 6.01. The number of carbonyl (C=O) groups excluding carboxylic acids is 2. The predicted molar refractivity (Wildman–Crippen MR) is 133 cm³/mol. The average Bonchev–Trinajstić information content (AvgIpc) is 3.58. The molecule has 5 rings (SSSR count). The van der Waals surface area contributed by atoms with Crippen LogP contribution in [0, 0.1) is 11.6 Å². The van der Waals surface area contributed by atoms with Gasteiger partial charge in [0.05, 0.1) is 17.3 Å². The number of rotatable bonds is 8. The van der Waals surface area contributed by atoms with Crippen molar-refractivity contribution in [3.63, 3.8) is 0 Å². The Balaban J connectivity index is 1.54. The third kappa shape index (κ3) is 5.34. The van der Waals surface area contributed by atoms with E-state index in [9.17, 15) is 14.0 Å². The number of para-hydroxylation sites is 2. The zero-order valence-corrected chi connectivity index (χ0v) is 19.9. The summed E-state index contributed by atoms with van der Waals surface area (Å²) in [5, 5.41) is 11.0. The van der Waals surface area contributed by atoms with Crippen LogP contribution >= 0.6 is 0 Å². The Bertz CT molecular complexity index is 1400. The van der Waals surface area contributed by atoms with Crippen LogP contribution in [-0.2, 0) is 20.9 Å². The Kier molecular flexibility index (Phi) is 7.18. The lowest BCUT2D eigenvalue weighted by Gasteiger charge is -2.32. The van der Waals surface area contributed by atoms with Crippen LogP contribution in [0.2, 0.25) is 0 Å². The Hall–Kier alpha value is -4.18. The van der Waals surface area contributed by atoms with E-state index >= 15 is 4.39 Å². The van der Waals surface area contributed by atoms with Crippen molar-refractivity contribution in [2.24, 2.45) is 0 Å². The third-order valence-electron chi connectivity index (χ3n) is 6.31. The number of halogens is 2. The van der Waals surface area contributed by atoms with Crippen molar-refractivity contribution in [3.8, 4) is 0 Å². The summed E-state index contributed by atoms with van der Waals surface area (Å²) < 4.78 is 35.9. The summed E-state index contributed by atoms with van der Waals surface area (Å²) in [6, 6.07) is 16.8. The summed E-state index contributed by atoms with van der Waals surface area (Å²) in [6.07, 6.45) is 1.56. The van der Waals surface area contributed by atoms with E-state index in [4.69, 9.17) is 4.74 Å². The smallest absolute Gasteiger partial charge is 0.249 e. The van der Waals surface area contributed by atoms with Crippen LogP contribution in [0.4, 0.5) is 14.5 Å². The molecule has 37 heavy (non-hydrogen) atoms. The molecule has 1 fully saturated rings. The summed E-state index contributed by atoms with van der Waals surface area (Å²) in [4.78, 5) is 28.6. The number of nitrogens with zero attached hydrogens (tertiary/aromatic N) is 4. The zero-order chi connectivity index (χ0) is 25.8. The standard InChI is InChI=1S/C27H25F2N5O3/c28-19-13-11-18(12-14-19)26(27(36)30-16-20-6-5-15-37-20)34(23-9-3-1-7-21(23)29)25(35)17-33-24-10-4-2-8-22(24)31-32-33/h1-4,7-14,20,26H,5-6,15-17H2,(H,30,36). The molecule has 190 valence electrons. The van der Waals surface area contributed by atoms with Gasteiger partial charge in [0.2, 0.25) is 11.8 Å². The summed E-state index contributed by atoms with van der Waals surface area (Å²) in [6.45, 7) is 0.558. The van der Waals surface area contributed by atoms with Crippen molar-refractivity contribution in [3.05, 3.63) is 90.0 Å². The highest BCUT2D eigenvalue weighted by atomic mass is 19.1. The summed E-state index contributed by atoms with van der Waals surface area (Å²) in [5.41, 5.74) is 1.45. The molecule has 0 radical (unpaired) electrons. The van der Waals surface area contributed by atoms with Gasteiger partial charge in [-0.3, -0.25) is 14.5 Å². The van der Waals surface area contributed by atoms with E-state index in [1.165, 1.54) is 47.1 Å². The number of fused-ring (bicyclic) bond motifs is 1. The fourth-order valence-electron chi connectivity index (χ4n) is 4.48. The van der Waals surface area contributed by atoms with E-state index in [1.807, 2.05) is 0 Å². The second kappa shape index (κ2) is 10.8. The molecule has 0 bridgehead atoms. The average molecular weight is 506 g/mol. The minimum Gasteiger partial charge on any atom is -0.376 e. The first-order valence-electron chi connectivity index (χ1n) is 12.0. The number of aromatic nitrogens is 3. The van der Waals surface area contributed by atoms with E-state index in [-0.39, 0.29) is 24.9 Å². The van der Waals surface area contributed by atoms with Crippen molar-refractivity contribution in [2.45, 2.75) is 31.5 Å². The molecular formula is C27H25F2N5O3. The lowest BCUT2D eigenvalue weighted by Crippen LogP contribution is -2.47. The summed E-state index contributed by atoms with van der Waals surface area (Å²) in [7, 11) is 0. The van der Waals surface area contributed by atoms with Gasteiger partial charge in [-0.05, 0) is 54.8 Å². The molecule has 2 heterocycles. The van der Waals surface area contributed by atoms with Crippen LogP contribution in [-0.4, -0.2) is 46.1 Å². The van der Waals surface area contributed by atoms with Crippen LogP contribution < -0.4 is 10.2 Å². The maximum absolute atomic E-state index is 15.1. The molecule has 0 spiro atoms. The Morgan fingerprint density at radius 2 is 1.81 bits per heavy atom. The largest absolute Gasteiger partial charge is 0.376 e. The van der Waals surface area contributed by atoms with Gasteiger partial charge in [-0.25, -0.2) is 13.5 Å². The van der Waals surface area contributed by atoms with Crippen LogP contribution in [0.25, 0.3) is 11.0 Å². The topological polar surface area (TPSA) is 89.4 Å². The number of hydrogen-bond acceptors (Lipinski definition) is 5. The van der Waals surface area contributed by atoms with Gasteiger partial charge in [-0.2, -0.15) is 0 Å². The van der Waals surface area contributed by atoms with Crippen LogP contribution in [0.15, 0.2) is 72.8 Å². The molecule has 3 aromatic carbocycles. The maximum atomic E-state index is 15.1. The molecule has 0 aliphatic carbocycles. The second-order valence-electron chi connectivity index (χ2n) is 8.79. The number of carbonyl (C=O) groups is 2. The monoisotopic (exact) mass is 505 g/mol. The zero-order valence-electron chi connectivity index (χ0n) is 19.9. The fraction of sp³-hybridized carbons (Fsp3) is 0.259. The fourth-order valence-corrected chi connectivity index (χ4v) is 4.48. The lowest BCUT2D eigenvalue weighted by molar-refractivity contribution is -0.127. The summed E-state index contributed by atoms with van der Waals surface area (Å²) in [5.74, 6) is -2.32. The number of benzene rings is 3. The highest BCUT2D eigenvalue weighted by Crippen LogP contribution is 2.31. The molecule has 0 saturated carbocycles. The SMILES string of the molecule is O=C(NCC1CCCO1)C(c1ccc(F)cc1)N(C(=O)Cn1nnc2ccccc21)c1ccccc1F. The molecule has 1 saturated heterocycles. The predicted octanol–water partition coefficient (Wildman–Crippen LogP) is 3.78. The van der Waals surface area contributed by atoms with Crippen molar-refractivity contribution < 1.29 is 23.1 Å². The van der Waals surface area contributed by atoms with Gasteiger partial charge in [-0.15, -0.1) is 5.10 Å². The quantitative estimate of drug-likeness (QED) is 0.394. The molecule has 1 aromatic heterocycles. The molecule has 1 aliphatic heterocycles. The lowest BCUT2D eigenvalue weighted by atomic mass is 10.0. The number of amides is 2. The van der Waals surface area contributed by atoms with Gasteiger partial charge >= 0.3 is 0 Å². The van der Waals surface area contributed by atoms with Gasteiger partial charge in [0.15, 0.2) is 0 Å². The minimum atomic E-state index is -1.28. The highest BCUT2D eigenvalue weighted by Gasteiger charge is 2.35. The first-order chi connectivity index (χ1) is 18.0. The van der Waals surface area contributed by atoms with Gasteiger partial charge in [0.1, 0.15) is 29.7 Å². The van der Waals surface area contributed by atoms with E-state index in [1.54, 1.807) is 30.3 Å². The number of hydrogen-bond donors (Lipinski definition) is 1. The summed E-state index contributed by atoms with van der Waals surface area (Å²) >= 11 is 0. The minimum absolute atomic E-state index is 0.0847. The molecule has 10 heteroatoms. The van der Waals surface area contributed by atoms with Crippen molar-refractivity contribution in [2.75, 3.05) is 18.1 Å². The van der Waals surface area contributed by atoms with Gasteiger partial charge in [-0.1, -0.05) is 41.6 Å². The Morgan fingerprint density at radius 1 is 1.05 bits per heavy atom. The molecule has 2 atom stereocenters. The Labute approximate surface area is 211 Å². The molecular weight excluding hydrogens is 480 g/mol. The molecule has 2 amide bonds. The second-order valence-corrected chi connectivity index (χ2v) is 8.79.